The molecule has 0 heterocycles. The Bertz CT molecular complexity index is 966. The minimum absolute atomic E-state index is 0.124. The van der Waals surface area contributed by atoms with Crippen LogP contribution in [0.15, 0.2) is 46.4 Å². The number of methoxy groups -OCH3 is 2. The van der Waals surface area contributed by atoms with Gasteiger partial charge in [-0.3, -0.25) is 14.9 Å². The van der Waals surface area contributed by atoms with E-state index < -0.39 is 10.8 Å². The topological polar surface area (TPSA) is 114 Å². The summed E-state index contributed by atoms with van der Waals surface area (Å²) in [7, 11) is 2.99. The number of nitro groups is 1. The predicted molar refractivity (Wildman–Crippen MR) is 103 cm³/mol. The largest absolute Gasteiger partial charge is 0.493 e. The Morgan fingerprint density at radius 2 is 1.93 bits per heavy atom. The lowest BCUT2D eigenvalue weighted by atomic mass is 10.1. The number of anilines is 1. The number of rotatable bonds is 6. The van der Waals surface area contributed by atoms with Crippen molar-refractivity contribution >= 4 is 39.3 Å². The molecular weight excluding hydrogens is 418 g/mol. The number of nitriles is 1. The Morgan fingerprint density at radius 1 is 1.22 bits per heavy atom. The van der Waals surface area contributed by atoms with Crippen LogP contribution in [0, 0.1) is 21.4 Å². The summed E-state index contributed by atoms with van der Waals surface area (Å²) in [5, 5.41) is 22.6. The maximum Gasteiger partial charge on any atom is 0.270 e. The van der Waals surface area contributed by atoms with Gasteiger partial charge in [0.2, 0.25) is 0 Å². The van der Waals surface area contributed by atoms with E-state index in [-0.39, 0.29) is 11.3 Å². The number of benzene rings is 2. The molecule has 0 aliphatic heterocycles. The van der Waals surface area contributed by atoms with E-state index in [2.05, 4.69) is 21.2 Å². The summed E-state index contributed by atoms with van der Waals surface area (Å²) < 4.78 is 10.7. The summed E-state index contributed by atoms with van der Waals surface area (Å²) in [6, 6.07) is 10.7. The number of hydrogen-bond donors (Lipinski definition) is 1. The molecular formula is C18H14BrN3O5. The van der Waals surface area contributed by atoms with E-state index in [1.165, 1.54) is 38.5 Å². The second-order valence-electron chi connectivity index (χ2n) is 5.16. The number of carbonyl (C=O) groups excluding carboxylic acids is 1. The van der Waals surface area contributed by atoms with Crippen LogP contribution < -0.4 is 14.8 Å². The lowest BCUT2D eigenvalue weighted by Crippen LogP contribution is -2.13. The average molecular weight is 432 g/mol. The molecule has 2 aromatic rings. The molecule has 27 heavy (non-hydrogen) atoms. The Kier molecular flexibility index (Phi) is 6.51. The van der Waals surface area contributed by atoms with E-state index in [1.54, 1.807) is 18.2 Å². The molecule has 0 saturated heterocycles. The van der Waals surface area contributed by atoms with E-state index in [0.29, 0.717) is 27.2 Å². The van der Waals surface area contributed by atoms with Crippen molar-refractivity contribution in [2.75, 3.05) is 19.5 Å². The van der Waals surface area contributed by atoms with Crippen molar-refractivity contribution in [1.29, 1.82) is 5.26 Å². The first kappa shape index (κ1) is 19.9. The van der Waals surface area contributed by atoms with E-state index in [1.807, 2.05) is 6.07 Å². The van der Waals surface area contributed by atoms with E-state index in [9.17, 15) is 20.2 Å². The fourth-order valence-electron chi connectivity index (χ4n) is 2.17. The Hall–Kier alpha value is -3.38. The van der Waals surface area contributed by atoms with Gasteiger partial charge in [0, 0.05) is 16.6 Å². The highest BCUT2D eigenvalue weighted by Crippen LogP contribution is 2.29. The Balaban J connectivity index is 2.27. The van der Waals surface area contributed by atoms with Gasteiger partial charge in [-0.2, -0.15) is 5.26 Å². The molecule has 0 aromatic heterocycles. The third kappa shape index (κ3) is 4.83. The summed E-state index contributed by atoms with van der Waals surface area (Å²) in [6.45, 7) is 0. The molecule has 1 N–H and O–H groups in total. The Morgan fingerprint density at radius 3 is 2.48 bits per heavy atom. The zero-order valence-electron chi connectivity index (χ0n) is 14.4. The van der Waals surface area contributed by atoms with Crippen molar-refractivity contribution in [1.82, 2.24) is 0 Å². The van der Waals surface area contributed by atoms with E-state index in [0.717, 1.165) is 0 Å². The van der Waals surface area contributed by atoms with Gasteiger partial charge in [0.1, 0.15) is 11.6 Å². The molecule has 2 rings (SSSR count). The minimum Gasteiger partial charge on any atom is -0.493 e. The van der Waals surface area contributed by atoms with Crippen molar-refractivity contribution in [2.24, 2.45) is 0 Å². The molecule has 0 radical (unpaired) electrons. The molecule has 0 atom stereocenters. The fraction of sp³-hybridized carbons (Fsp3) is 0.111. The van der Waals surface area contributed by atoms with Crippen LogP contribution in [-0.2, 0) is 4.79 Å². The second-order valence-corrected chi connectivity index (χ2v) is 6.01. The number of non-ortho nitro benzene ring substituents is 1. The maximum atomic E-state index is 12.4. The monoisotopic (exact) mass is 431 g/mol. The van der Waals surface area contributed by atoms with Crippen molar-refractivity contribution in [2.45, 2.75) is 0 Å². The first-order chi connectivity index (χ1) is 12.9. The standard InChI is InChI=1S/C18H14BrN3O5/c1-26-16-6-3-11(8-17(16)27-2)7-12(10-20)18(23)21-15-5-4-13(22(24)25)9-14(15)19/h3-9H,1-2H3,(H,21,23). The quantitative estimate of drug-likeness (QED) is 0.320. The molecule has 0 unspecified atom stereocenters. The third-order valence-electron chi connectivity index (χ3n) is 3.50. The van der Waals surface area contributed by atoms with E-state index in [4.69, 9.17) is 9.47 Å². The highest BCUT2D eigenvalue weighted by Gasteiger charge is 2.14. The molecule has 0 bridgehead atoms. The van der Waals surface area contributed by atoms with Gasteiger partial charge >= 0.3 is 0 Å². The maximum absolute atomic E-state index is 12.4. The van der Waals surface area contributed by atoms with Crippen LogP contribution in [-0.4, -0.2) is 25.1 Å². The second kappa shape index (κ2) is 8.82. The molecule has 1 amide bonds. The van der Waals surface area contributed by atoms with Crippen molar-refractivity contribution in [3.8, 4) is 17.6 Å². The van der Waals surface area contributed by atoms with Crippen LogP contribution in [0.25, 0.3) is 6.08 Å². The van der Waals surface area contributed by atoms with Crippen molar-refractivity contribution < 1.29 is 19.2 Å². The normalized spacial score (nSPS) is 10.7. The molecule has 8 nitrogen and oxygen atoms in total. The molecule has 2 aromatic carbocycles. The number of nitrogens with one attached hydrogen (secondary N) is 1. The number of ether oxygens (including phenoxy) is 2. The van der Waals surface area contributed by atoms with Crippen LogP contribution in [0.3, 0.4) is 0 Å². The SMILES string of the molecule is COc1ccc(C=C(C#N)C(=O)Nc2ccc([N+](=O)[O-])cc2Br)cc1OC. The molecule has 138 valence electrons. The van der Waals surface area contributed by atoms with Gasteiger partial charge in [-0.25, -0.2) is 0 Å². The zero-order chi connectivity index (χ0) is 20.0. The highest BCUT2D eigenvalue weighted by atomic mass is 79.9. The lowest BCUT2D eigenvalue weighted by Gasteiger charge is -2.09. The van der Waals surface area contributed by atoms with Crippen LogP contribution in [0.2, 0.25) is 0 Å². The van der Waals surface area contributed by atoms with Gasteiger partial charge in [-0.15, -0.1) is 0 Å². The number of hydrogen-bond acceptors (Lipinski definition) is 6. The van der Waals surface area contributed by atoms with Crippen molar-refractivity contribution in [3.05, 3.63) is 62.1 Å². The van der Waals surface area contributed by atoms with Gasteiger partial charge in [0.15, 0.2) is 11.5 Å². The predicted octanol–water partition coefficient (Wildman–Crippen LogP) is 3.92. The van der Waals surface area contributed by atoms with Gasteiger partial charge in [-0.1, -0.05) is 6.07 Å². The van der Waals surface area contributed by atoms with Gasteiger partial charge in [-0.05, 0) is 45.8 Å². The number of amides is 1. The molecule has 9 heteroatoms. The van der Waals surface area contributed by atoms with Gasteiger partial charge in [0.05, 0.1) is 24.8 Å². The van der Waals surface area contributed by atoms with Gasteiger partial charge in [0.25, 0.3) is 11.6 Å². The summed E-state index contributed by atoms with van der Waals surface area (Å²) in [6.07, 6.45) is 1.40. The van der Waals surface area contributed by atoms with Crippen LogP contribution in [0.1, 0.15) is 5.56 Å². The van der Waals surface area contributed by atoms with Crippen molar-refractivity contribution in [3.63, 3.8) is 0 Å². The van der Waals surface area contributed by atoms with E-state index >= 15 is 0 Å². The number of carbonyl (C=O) groups is 1. The molecule has 0 fully saturated rings. The van der Waals surface area contributed by atoms with Crippen LogP contribution in [0.4, 0.5) is 11.4 Å². The lowest BCUT2D eigenvalue weighted by molar-refractivity contribution is -0.384. The van der Waals surface area contributed by atoms with Crippen LogP contribution >= 0.6 is 15.9 Å². The van der Waals surface area contributed by atoms with Gasteiger partial charge < -0.3 is 14.8 Å². The molecule has 0 aliphatic rings. The minimum atomic E-state index is -0.651. The number of nitrogens with zero attached hydrogens (tertiary/aromatic N) is 2. The smallest absolute Gasteiger partial charge is 0.270 e. The first-order valence-corrected chi connectivity index (χ1v) is 8.28. The summed E-state index contributed by atoms with van der Waals surface area (Å²) in [5.41, 5.74) is 0.606. The average Bonchev–Trinajstić information content (AvgIpc) is 2.67. The highest BCUT2D eigenvalue weighted by molar-refractivity contribution is 9.10. The summed E-state index contributed by atoms with van der Waals surface area (Å²) >= 11 is 3.16. The first-order valence-electron chi connectivity index (χ1n) is 7.48. The zero-order valence-corrected chi connectivity index (χ0v) is 15.9. The number of halogens is 1. The van der Waals surface area contributed by atoms with Crippen LogP contribution in [0.5, 0.6) is 11.5 Å². The molecule has 0 spiro atoms. The number of nitro benzene ring substituents is 1. The Labute approximate surface area is 163 Å². The molecule has 0 saturated carbocycles. The third-order valence-corrected chi connectivity index (χ3v) is 4.15. The fourth-order valence-corrected chi connectivity index (χ4v) is 2.63. The molecule has 0 aliphatic carbocycles. The summed E-state index contributed by atoms with van der Waals surface area (Å²) in [4.78, 5) is 22.6. The summed E-state index contributed by atoms with van der Waals surface area (Å²) in [5.74, 6) is 0.330.